The first kappa shape index (κ1) is 13.3. The molecule has 0 spiro atoms. The Morgan fingerprint density at radius 2 is 2.25 bits per heavy atom. The molecule has 0 bridgehead atoms. The van der Waals surface area contributed by atoms with Gasteiger partial charge in [-0.15, -0.1) is 0 Å². The summed E-state index contributed by atoms with van der Waals surface area (Å²) >= 11 is 6.21. The van der Waals surface area contributed by atoms with Gasteiger partial charge in [-0.25, -0.2) is 0 Å². The molecule has 2 heterocycles. The van der Waals surface area contributed by atoms with Gasteiger partial charge in [0.05, 0.1) is 29.6 Å². The Morgan fingerprint density at radius 3 is 3.10 bits per heavy atom. The van der Waals surface area contributed by atoms with E-state index in [0.717, 1.165) is 30.9 Å². The first-order valence-electron chi connectivity index (χ1n) is 6.84. The lowest BCUT2D eigenvalue weighted by atomic mass is 9.99. The van der Waals surface area contributed by atoms with E-state index in [1.165, 1.54) is 11.1 Å². The highest BCUT2D eigenvalue weighted by Crippen LogP contribution is 2.36. The van der Waals surface area contributed by atoms with Crippen molar-refractivity contribution < 1.29 is 4.74 Å². The van der Waals surface area contributed by atoms with E-state index in [2.05, 4.69) is 35.4 Å². The van der Waals surface area contributed by atoms with Gasteiger partial charge >= 0.3 is 0 Å². The summed E-state index contributed by atoms with van der Waals surface area (Å²) in [4.78, 5) is 4.13. The summed E-state index contributed by atoms with van der Waals surface area (Å²) in [6.07, 6.45) is 5.50. The van der Waals surface area contributed by atoms with Crippen LogP contribution in [-0.4, -0.2) is 11.6 Å². The maximum absolute atomic E-state index is 6.21. The van der Waals surface area contributed by atoms with Crippen LogP contribution in [0.1, 0.15) is 30.0 Å². The van der Waals surface area contributed by atoms with Crippen LogP contribution in [0, 0.1) is 6.92 Å². The SMILES string of the molecule is Cc1cccc2c1OCCCC2Nc1cnccc1Cl. The third-order valence-corrected chi connectivity index (χ3v) is 3.93. The fraction of sp³-hybridized carbons (Fsp3) is 0.312. The second-order valence-corrected chi connectivity index (χ2v) is 5.44. The lowest BCUT2D eigenvalue weighted by molar-refractivity contribution is 0.314. The molecule has 2 aromatic rings. The topological polar surface area (TPSA) is 34.1 Å². The molecule has 20 heavy (non-hydrogen) atoms. The second-order valence-electron chi connectivity index (χ2n) is 5.04. The van der Waals surface area contributed by atoms with Gasteiger partial charge in [0.25, 0.3) is 0 Å². The predicted octanol–water partition coefficient (Wildman–Crippen LogP) is 4.37. The van der Waals surface area contributed by atoms with Gasteiger partial charge in [-0.05, 0) is 31.4 Å². The van der Waals surface area contributed by atoms with E-state index in [-0.39, 0.29) is 6.04 Å². The number of anilines is 1. The van der Waals surface area contributed by atoms with Crippen molar-refractivity contribution in [3.05, 3.63) is 52.8 Å². The number of ether oxygens (including phenoxy) is 1. The van der Waals surface area contributed by atoms with Crippen LogP contribution in [0.4, 0.5) is 5.69 Å². The van der Waals surface area contributed by atoms with Crippen molar-refractivity contribution in [1.82, 2.24) is 4.98 Å². The molecule has 1 aliphatic rings. The Balaban J connectivity index is 1.95. The number of nitrogens with one attached hydrogen (secondary N) is 1. The molecule has 0 radical (unpaired) electrons. The van der Waals surface area contributed by atoms with Gasteiger partial charge in [0.15, 0.2) is 0 Å². The average molecular weight is 289 g/mol. The highest BCUT2D eigenvalue weighted by molar-refractivity contribution is 6.33. The van der Waals surface area contributed by atoms with Crippen LogP contribution >= 0.6 is 11.6 Å². The van der Waals surface area contributed by atoms with E-state index >= 15 is 0 Å². The third-order valence-electron chi connectivity index (χ3n) is 3.60. The summed E-state index contributed by atoms with van der Waals surface area (Å²) in [6.45, 7) is 2.84. The molecular formula is C16H17ClN2O. The number of aryl methyl sites for hydroxylation is 1. The minimum atomic E-state index is 0.203. The van der Waals surface area contributed by atoms with Crippen molar-refractivity contribution in [3.8, 4) is 5.75 Å². The Labute approximate surface area is 123 Å². The van der Waals surface area contributed by atoms with Gasteiger partial charge in [-0.1, -0.05) is 29.8 Å². The van der Waals surface area contributed by atoms with Crippen LogP contribution < -0.4 is 10.1 Å². The summed E-state index contributed by atoms with van der Waals surface area (Å²) < 4.78 is 5.89. The number of hydrogen-bond acceptors (Lipinski definition) is 3. The second kappa shape index (κ2) is 5.71. The molecule has 1 unspecified atom stereocenters. The summed E-state index contributed by atoms with van der Waals surface area (Å²) in [5.74, 6) is 1.00. The molecule has 1 N–H and O–H groups in total. The van der Waals surface area contributed by atoms with Crippen molar-refractivity contribution in [2.75, 3.05) is 11.9 Å². The normalized spacial score (nSPS) is 17.8. The van der Waals surface area contributed by atoms with Gasteiger partial charge < -0.3 is 10.1 Å². The number of halogens is 1. The molecule has 3 rings (SSSR count). The Kier molecular flexibility index (Phi) is 3.79. The van der Waals surface area contributed by atoms with Crippen LogP contribution in [0.25, 0.3) is 0 Å². The standard InChI is InChI=1S/C16H17ClN2O/c1-11-4-2-5-12-14(6-3-9-20-16(11)12)19-15-10-18-8-7-13(15)17/h2,4-5,7-8,10,14,19H,3,6,9H2,1H3. The molecule has 0 saturated heterocycles. The van der Waals surface area contributed by atoms with Crippen LogP contribution in [0.15, 0.2) is 36.7 Å². The van der Waals surface area contributed by atoms with E-state index in [0.29, 0.717) is 5.02 Å². The summed E-state index contributed by atoms with van der Waals surface area (Å²) in [7, 11) is 0. The lowest BCUT2D eigenvalue weighted by Crippen LogP contribution is -2.11. The smallest absolute Gasteiger partial charge is 0.127 e. The van der Waals surface area contributed by atoms with Crippen LogP contribution in [0.3, 0.4) is 0 Å². The first-order chi connectivity index (χ1) is 9.75. The monoisotopic (exact) mass is 288 g/mol. The van der Waals surface area contributed by atoms with Crippen LogP contribution in [-0.2, 0) is 0 Å². The van der Waals surface area contributed by atoms with Gasteiger partial charge in [0.1, 0.15) is 5.75 Å². The quantitative estimate of drug-likeness (QED) is 0.891. The first-order valence-corrected chi connectivity index (χ1v) is 7.22. The van der Waals surface area contributed by atoms with Gasteiger partial charge in [0.2, 0.25) is 0 Å². The predicted molar refractivity (Wildman–Crippen MR) is 81.5 cm³/mol. The number of fused-ring (bicyclic) bond motifs is 1. The molecule has 1 aromatic carbocycles. The summed E-state index contributed by atoms with van der Waals surface area (Å²) in [5.41, 5.74) is 3.24. The number of para-hydroxylation sites is 1. The highest BCUT2D eigenvalue weighted by Gasteiger charge is 2.21. The zero-order valence-corrected chi connectivity index (χ0v) is 12.2. The third kappa shape index (κ3) is 2.59. The molecule has 3 nitrogen and oxygen atoms in total. The van der Waals surface area contributed by atoms with Gasteiger partial charge in [-0.3, -0.25) is 4.98 Å². The van der Waals surface area contributed by atoms with E-state index in [9.17, 15) is 0 Å². The van der Waals surface area contributed by atoms with Gasteiger partial charge in [0, 0.05) is 11.8 Å². The van der Waals surface area contributed by atoms with Crippen molar-refractivity contribution in [2.45, 2.75) is 25.8 Å². The maximum Gasteiger partial charge on any atom is 0.127 e. The van der Waals surface area contributed by atoms with Crippen molar-refractivity contribution >= 4 is 17.3 Å². The van der Waals surface area contributed by atoms with Crippen molar-refractivity contribution in [3.63, 3.8) is 0 Å². The number of benzene rings is 1. The molecule has 1 atom stereocenters. The Bertz CT molecular complexity index is 615. The largest absolute Gasteiger partial charge is 0.493 e. The van der Waals surface area contributed by atoms with E-state index in [1.807, 2.05) is 0 Å². The van der Waals surface area contributed by atoms with E-state index in [1.54, 1.807) is 18.5 Å². The Hall–Kier alpha value is -1.74. The molecule has 0 fully saturated rings. The summed E-state index contributed by atoms with van der Waals surface area (Å²) in [5, 5.41) is 4.19. The van der Waals surface area contributed by atoms with Crippen LogP contribution in [0.2, 0.25) is 5.02 Å². The molecular weight excluding hydrogens is 272 g/mol. The minimum Gasteiger partial charge on any atom is -0.493 e. The fourth-order valence-corrected chi connectivity index (χ4v) is 2.74. The molecule has 0 aliphatic carbocycles. The number of pyridine rings is 1. The minimum absolute atomic E-state index is 0.203. The van der Waals surface area contributed by atoms with Crippen molar-refractivity contribution in [1.29, 1.82) is 0 Å². The number of nitrogens with zero attached hydrogens (tertiary/aromatic N) is 1. The molecule has 0 saturated carbocycles. The van der Waals surface area contributed by atoms with Crippen molar-refractivity contribution in [2.24, 2.45) is 0 Å². The summed E-state index contributed by atoms with van der Waals surface area (Å²) in [6, 6.07) is 8.28. The van der Waals surface area contributed by atoms with E-state index in [4.69, 9.17) is 16.3 Å². The number of rotatable bonds is 2. The Morgan fingerprint density at radius 1 is 1.35 bits per heavy atom. The lowest BCUT2D eigenvalue weighted by Gasteiger charge is -2.20. The zero-order valence-electron chi connectivity index (χ0n) is 11.4. The molecule has 1 aliphatic heterocycles. The average Bonchev–Trinajstić information content (AvgIpc) is 2.65. The molecule has 1 aromatic heterocycles. The molecule has 0 amide bonds. The fourth-order valence-electron chi connectivity index (χ4n) is 2.59. The van der Waals surface area contributed by atoms with Crippen LogP contribution in [0.5, 0.6) is 5.75 Å². The highest BCUT2D eigenvalue weighted by atomic mass is 35.5. The maximum atomic E-state index is 6.21. The zero-order chi connectivity index (χ0) is 13.9. The van der Waals surface area contributed by atoms with E-state index < -0.39 is 0 Å². The molecule has 4 heteroatoms. The number of aromatic nitrogens is 1. The number of hydrogen-bond donors (Lipinski definition) is 1. The molecule has 104 valence electrons. The van der Waals surface area contributed by atoms with Gasteiger partial charge in [-0.2, -0.15) is 0 Å².